The number of likely N-dealkylation sites (tertiary alicyclic amines) is 1. The Morgan fingerprint density at radius 2 is 1.62 bits per heavy atom. The molecule has 1 fully saturated rings. The number of ether oxygens (including phenoxy) is 3. The van der Waals surface area contributed by atoms with Crippen molar-refractivity contribution in [3.8, 4) is 17.2 Å². The molecule has 3 rings (SSSR count). The lowest BCUT2D eigenvalue weighted by molar-refractivity contribution is -0.140. The van der Waals surface area contributed by atoms with Gasteiger partial charge in [-0.15, -0.1) is 0 Å². The molecule has 1 N–H and O–H groups in total. The Kier molecular flexibility index (Phi) is 11.9. The lowest BCUT2D eigenvalue weighted by Gasteiger charge is -2.27. The third-order valence-corrected chi connectivity index (χ3v) is 7.17. The molecule has 8 heteroatoms. The highest BCUT2D eigenvalue weighted by Gasteiger charge is 2.46. The van der Waals surface area contributed by atoms with Crippen LogP contribution in [-0.4, -0.2) is 73.1 Å². The number of benzene rings is 2. The molecule has 0 radical (unpaired) electrons. The second-order valence-corrected chi connectivity index (χ2v) is 9.86. The molecule has 0 aromatic heterocycles. The first-order chi connectivity index (χ1) is 19.4. The van der Waals surface area contributed by atoms with Gasteiger partial charge in [0, 0.05) is 12.1 Å². The van der Waals surface area contributed by atoms with Crippen LogP contribution in [0.3, 0.4) is 0 Å². The third kappa shape index (κ3) is 7.36. The van der Waals surface area contributed by atoms with Gasteiger partial charge in [-0.2, -0.15) is 0 Å². The minimum Gasteiger partial charge on any atom is -0.507 e. The number of carbonyl (C=O) groups excluding carboxylic acids is 2. The van der Waals surface area contributed by atoms with Crippen molar-refractivity contribution in [2.24, 2.45) is 0 Å². The van der Waals surface area contributed by atoms with E-state index < -0.39 is 17.7 Å². The molecule has 0 bridgehead atoms. The highest BCUT2D eigenvalue weighted by atomic mass is 16.5. The SMILES string of the molecule is CCCCOc1ccc(C2/C(=C(\O)c3ccc(OCCC)cc3)C(=O)C(=O)N2CCCN(CC)CC)cc1OC. The van der Waals surface area contributed by atoms with Gasteiger partial charge in [0.15, 0.2) is 11.5 Å². The van der Waals surface area contributed by atoms with Gasteiger partial charge >= 0.3 is 0 Å². The molecular weight excluding hydrogens is 508 g/mol. The number of ketones is 1. The van der Waals surface area contributed by atoms with E-state index in [0.717, 1.165) is 38.9 Å². The quantitative estimate of drug-likeness (QED) is 0.122. The third-order valence-electron chi connectivity index (χ3n) is 7.17. The molecule has 1 aliphatic heterocycles. The van der Waals surface area contributed by atoms with E-state index in [4.69, 9.17) is 14.2 Å². The highest BCUT2D eigenvalue weighted by Crippen LogP contribution is 2.42. The molecule has 1 heterocycles. The molecule has 1 saturated heterocycles. The van der Waals surface area contributed by atoms with E-state index in [9.17, 15) is 14.7 Å². The first kappa shape index (κ1) is 31.0. The molecule has 2 aromatic rings. The van der Waals surface area contributed by atoms with Crippen molar-refractivity contribution in [3.05, 3.63) is 59.2 Å². The van der Waals surface area contributed by atoms with Crippen LogP contribution in [0.4, 0.5) is 0 Å². The summed E-state index contributed by atoms with van der Waals surface area (Å²) >= 11 is 0. The number of hydrogen-bond acceptors (Lipinski definition) is 7. The average Bonchev–Trinajstić information content (AvgIpc) is 3.23. The fraction of sp³-hybridized carbons (Fsp3) is 0.500. The fourth-order valence-electron chi connectivity index (χ4n) is 4.85. The van der Waals surface area contributed by atoms with Gasteiger partial charge in [0.2, 0.25) is 0 Å². The van der Waals surface area contributed by atoms with Crippen LogP contribution in [0.2, 0.25) is 0 Å². The van der Waals surface area contributed by atoms with Crippen molar-refractivity contribution in [1.82, 2.24) is 9.80 Å². The van der Waals surface area contributed by atoms with Crippen molar-refractivity contribution in [2.75, 3.05) is 46.5 Å². The summed E-state index contributed by atoms with van der Waals surface area (Å²) in [7, 11) is 1.56. The van der Waals surface area contributed by atoms with E-state index in [1.807, 2.05) is 13.0 Å². The van der Waals surface area contributed by atoms with Gasteiger partial charge in [-0.3, -0.25) is 9.59 Å². The van der Waals surface area contributed by atoms with E-state index in [1.165, 1.54) is 0 Å². The summed E-state index contributed by atoms with van der Waals surface area (Å²) in [5.74, 6) is 0.268. The first-order valence-electron chi connectivity index (χ1n) is 14.4. The smallest absolute Gasteiger partial charge is 0.295 e. The van der Waals surface area contributed by atoms with Gasteiger partial charge in [-0.1, -0.05) is 40.2 Å². The largest absolute Gasteiger partial charge is 0.507 e. The summed E-state index contributed by atoms with van der Waals surface area (Å²) in [4.78, 5) is 30.6. The molecule has 1 unspecified atom stereocenters. The van der Waals surface area contributed by atoms with Gasteiger partial charge < -0.3 is 29.1 Å². The predicted molar refractivity (Wildman–Crippen MR) is 157 cm³/mol. The molecular formula is C32H44N2O6. The van der Waals surface area contributed by atoms with E-state index in [2.05, 4.69) is 25.7 Å². The van der Waals surface area contributed by atoms with Gasteiger partial charge in [-0.25, -0.2) is 0 Å². The van der Waals surface area contributed by atoms with Crippen LogP contribution in [0.5, 0.6) is 17.2 Å². The summed E-state index contributed by atoms with van der Waals surface area (Å²) in [5.41, 5.74) is 1.18. The second kappa shape index (κ2) is 15.3. The van der Waals surface area contributed by atoms with Crippen LogP contribution >= 0.6 is 0 Å². The maximum absolute atomic E-state index is 13.4. The summed E-state index contributed by atoms with van der Waals surface area (Å²) in [6.07, 6.45) is 3.50. The van der Waals surface area contributed by atoms with Gasteiger partial charge in [0.1, 0.15) is 11.5 Å². The molecule has 0 spiro atoms. The summed E-state index contributed by atoms with van der Waals surface area (Å²) in [5, 5.41) is 11.4. The maximum Gasteiger partial charge on any atom is 0.295 e. The topological polar surface area (TPSA) is 88.5 Å². The Morgan fingerprint density at radius 3 is 2.25 bits per heavy atom. The number of unbranched alkanes of at least 4 members (excludes halogenated alkanes) is 1. The Labute approximate surface area is 238 Å². The molecule has 0 saturated carbocycles. The molecule has 1 aliphatic rings. The first-order valence-corrected chi connectivity index (χ1v) is 14.4. The number of amides is 1. The van der Waals surface area contributed by atoms with Gasteiger partial charge in [0.05, 0.1) is 31.9 Å². The van der Waals surface area contributed by atoms with E-state index in [1.54, 1.807) is 48.4 Å². The number of Topliss-reactive ketones (excluding diaryl/α,β-unsaturated/α-hetero) is 1. The molecule has 218 valence electrons. The molecule has 40 heavy (non-hydrogen) atoms. The number of carbonyl (C=O) groups is 2. The fourth-order valence-corrected chi connectivity index (χ4v) is 4.85. The number of hydrogen-bond donors (Lipinski definition) is 1. The van der Waals surface area contributed by atoms with E-state index in [0.29, 0.717) is 54.6 Å². The molecule has 2 aromatic carbocycles. The molecule has 8 nitrogen and oxygen atoms in total. The summed E-state index contributed by atoms with van der Waals surface area (Å²) in [6, 6.07) is 11.6. The van der Waals surface area contributed by atoms with Crippen molar-refractivity contribution in [1.29, 1.82) is 0 Å². The van der Waals surface area contributed by atoms with Crippen LogP contribution in [-0.2, 0) is 9.59 Å². The Balaban J connectivity index is 2.03. The van der Waals surface area contributed by atoms with Crippen molar-refractivity contribution < 1.29 is 28.9 Å². The maximum atomic E-state index is 13.4. The number of aliphatic hydroxyl groups is 1. The monoisotopic (exact) mass is 552 g/mol. The molecule has 1 atom stereocenters. The highest BCUT2D eigenvalue weighted by molar-refractivity contribution is 6.46. The average molecular weight is 553 g/mol. The van der Waals surface area contributed by atoms with Crippen LogP contribution in [0.15, 0.2) is 48.0 Å². The zero-order valence-electron chi connectivity index (χ0n) is 24.6. The molecule has 0 aliphatic carbocycles. The van der Waals surface area contributed by atoms with E-state index >= 15 is 0 Å². The minimum atomic E-state index is -0.758. The summed E-state index contributed by atoms with van der Waals surface area (Å²) < 4.78 is 17.2. The van der Waals surface area contributed by atoms with Crippen LogP contribution < -0.4 is 14.2 Å². The number of methoxy groups -OCH3 is 1. The van der Waals surface area contributed by atoms with E-state index in [-0.39, 0.29) is 11.3 Å². The Morgan fingerprint density at radius 1 is 0.900 bits per heavy atom. The lowest BCUT2D eigenvalue weighted by atomic mass is 9.95. The zero-order chi connectivity index (χ0) is 29.1. The second-order valence-electron chi connectivity index (χ2n) is 9.86. The van der Waals surface area contributed by atoms with Crippen LogP contribution in [0.1, 0.15) is 70.5 Å². The van der Waals surface area contributed by atoms with Crippen molar-refractivity contribution in [2.45, 2.75) is 59.4 Å². The Bertz CT molecular complexity index is 1160. The van der Waals surface area contributed by atoms with Gasteiger partial charge in [-0.05, 0) is 80.9 Å². The van der Waals surface area contributed by atoms with Crippen molar-refractivity contribution in [3.63, 3.8) is 0 Å². The number of aliphatic hydroxyl groups excluding tert-OH is 1. The molecule has 1 amide bonds. The minimum absolute atomic E-state index is 0.0665. The Hall–Kier alpha value is -3.52. The lowest BCUT2D eigenvalue weighted by Crippen LogP contribution is -2.33. The van der Waals surface area contributed by atoms with Crippen LogP contribution in [0, 0.1) is 0 Å². The van der Waals surface area contributed by atoms with Gasteiger partial charge in [0.25, 0.3) is 11.7 Å². The number of nitrogens with zero attached hydrogens (tertiary/aromatic N) is 2. The van der Waals surface area contributed by atoms with Crippen LogP contribution in [0.25, 0.3) is 5.76 Å². The zero-order valence-corrected chi connectivity index (χ0v) is 24.6. The predicted octanol–water partition coefficient (Wildman–Crippen LogP) is 5.82. The summed E-state index contributed by atoms with van der Waals surface area (Å²) in [6.45, 7) is 12.5. The standard InChI is InChI=1S/C32H44N2O6/c1-6-10-21-40-26-17-14-24(22-27(26)38-5)29-28(30(35)23-12-15-25(16-13-23)39-20-7-2)31(36)32(37)34(29)19-11-18-33(8-3)9-4/h12-17,22,29,35H,6-11,18-21H2,1-5H3/b30-28+. The number of rotatable bonds is 16. The normalized spacial score (nSPS) is 16.6. The van der Waals surface area contributed by atoms with Crippen molar-refractivity contribution >= 4 is 17.4 Å².